The van der Waals surface area contributed by atoms with E-state index in [0.717, 1.165) is 11.6 Å². The van der Waals surface area contributed by atoms with Crippen LogP contribution < -0.4 is 5.32 Å². The van der Waals surface area contributed by atoms with Gasteiger partial charge in [-0.1, -0.05) is 23.8 Å². The number of hydrogen-bond donors (Lipinski definition) is 1. The Kier molecular flexibility index (Phi) is 5.35. The number of nitro benzene ring substituents is 1. The molecule has 2 aromatic rings. The van der Waals surface area contributed by atoms with E-state index >= 15 is 0 Å². The zero-order valence-electron chi connectivity index (χ0n) is 15.2. The fourth-order valence-corrected chi connectivity index (χ4v) is 2.77. The van der Waals surface area contributed by atoms with Crippen LogP contribution >= 0.6 is 0 Å². The quantitative estimate of drug-likeness (QED) is 0.339. The molecule has 1 aliphatic heterocycles. The van der Waals surface area contributed by atoms with Crippen LogP contribution in [0.4, 0.5) is 11.4 Å². The zero-order valence-corrected chi connectivity index (χ0v) is 15.2. The third kappa shape index (κ3) is 4.10. The highest BCUT2D eigenvalue weighted by atomic mass is 16.6. The van der Waals surface area contributed by atoms with Crippen molar-refractivity contribution in [3.8, 4) is 0 Å². The predicted molar refractivity (Wildman–Crippen MR) is 99.2 cm³/mol. The summed E-state index contributed by atoms with van der Waals surface area (Å²) in [5, 5.41) is 13.6. The first kappa shape index (κ1) is 19.7. The molecule has 10 nitrogen and oxygen atoms in total. The molecule has 148 valence electrons. The molecule has 0 saturated carbocycles. The molecule has 0 aromatic heterocycles. The van der Waals surface area contributed by atoms with Crippen LogP contribution in [0.3, 0.4) is 0 Å². The van der Waals surface area contributed by atoms with Crippen molar-refractivity contribution < 1.29 is 28.8 Å². The molecule has 3 amide bonds. The van der Waals surface area contributed by atoms with Crippen molar-refractivity contribution in [2.45, 2.75) is 6.92 Å². The molecule has 1 aliphatic rings. The number of esters is 1. The Labute approximate surface area is 164 Å². The van der Waals surface area contributed by atoms with E-state index in [0.29, 0.717) is 10.6 Å². The maximum absolute atomic E-state index is 12.4. The number of nitrogens with one attached hydrogen (secondary N) is 1. The fraction of sp³-hybridized carbons (Fsp3) is 0.158. The van der Waals surface area contributed by atoms with E-state index in [1.54, 1.807) is 24.3 Å². The summed E-state index contributed by atoms with van der Waals surface area (Å²) in [6.07, 6.45) is 0. The monoisotopic (exact) mass is 397 g/mol. The smallest absolute Gasteiger partial charge is 0.326 e. The van der Waals surface area contributed by atoms with Gasteiger partial charge in [-0.3, -0.25) is 34.2 Å². The standard InChI is InChI=1S/C19H15N3O7/c1-11-5-7-12(8-6-11)20-15(23)10-29-16(24)9-21-18(25)13-3-2-4-14(22(27)28)17(13)19(21)26/h2-8H,9-10H2,1H3,(H,20,23). The first-order chi connectivity index (χ1) is 13.8. The van der Waals surface area contributed by atoms with Crippen molar-refractivity contribution in [2.24, 2.45) is 0 Å². The molecule has 0 spiro atoms. The molecule has 0 atom stereocenters. The minimum absolute atomic E-state index is 0.158. The van der Waals surface area contributed by atoms with Crippen molar-refractivity contribution in [3.63, 3.8) is 0 Å². The lowest BCUT2D eigenvalue weighted by Crippen LogP contribution is -2.36. The summed E-state index contributed by atoms with van der Waals surface area (Å²) in [6, 6.07) is 10.6. The van der Waals surface area contributed by atoms with Gasteiger partial charge in [0.25, 0.3) is 23.4 Å². The molecule has 0 saturated heterocycles. The van der Waals surface area contributed by atoms with Gasteiger partial charge < -0.3 is 10.1 Å². The van der Waals surface area contributed by atoms with E-state index in [1.165, 1.54) is 12.1 Å². The Morgan fingerprint density at radius 2 is 1.79 bits per heavy atom. The van der Waals surface area contributed by atoms with Crippen LogP contribution in [0.2, 0.25) is 0 Å². The maximum atomic E-state index is 12.4. The molecule has 0 fully saturated rings. The summed E-state index contributed by atoms with van der Waals surface area (Å²) in [4.78, 5) is 59.4. The third-order valence-electron chi connectivity index (χ3n) is 4.16. The molecule has 0 unspecified atom stereocenters. The average molecular weight is 397 g/mol. The Bertz CT molecular complexity index is 1030. The number of amides is 3. The normalized spacial score (nSPS) is 12.5. The van der Waals surface area contributed by atoms with Crippen molar-refractivity contribution in [2.75, 3.05) is 18.5 Å². The molecule has 0 bridgehead atoms. The second-order valence-corrected chi connectivity index (χ2v) is 6.23. The molecular weight excluding hydrogens is 382 g/mol. The number of aryl methyl sites for hydroxylation is 1. The predicted octanol–water partition coefficient (Wildman–Crippen LogP) is 1.68. The maximum Gasteiger partial charge on any atom is 0.326 e. The Morgan fingerprint density at radius 3 is 2.45 bits per heavy atom. The molecule has 10 heteroatoms. The van der Waals surface area contributed by atoms with Crippen molar-refractivity contribution in [1.29, 1.82) is 0 Å². The summed E-state index contributed by atoms with van der Waals surface area (Å²) in [5.74, 6) is -3.39. The number of carbonyl (C=O) groups is 4. The first-order valence-electron chi connectivity index (χ1n) is 8.43. The number of rotatable bonds is 6. The van der Waals surface area contributed by atoms with Gasteiger partial charge >= 0.3 is 5.97 Å². The zero-order chi connectivity index (χ0) is 21.1. The van der Waals surface area contributed by atoms with E-state index in [4.69, 9.17) is 4.74 Å². The number of ether oxygens (including phenoxy) is 1. The average Bonchev–Trinajstić information content (AvgIpc) is 2.93. The molecular formula is C19H15N3O7. The highest BCUT2D eigenvalue weighted by Crippen LogP contribution is 2.30. The van der Waals surface area contributed by atoms with Crippen LogP contribution in [-0.4, -0.2) is 46.7 Å². The van der Waals surface area contributed by atoms with Gasteiger partial charge in [-0.15, -0.1) is 0 Å². The van der Waals surface area contributed by atoms with Gasteiger partial charge in [0.1, 0.15) is 12.1 Å². The van der Waals surface area contributed by atoms with Crippen LogP contribution in [-0.2, 0) is 14.3 Å². The molecule has 1 N–H and O–H groups in total. The second kappa shape index (κ2) is 7.89. The fourth-order valence-electron chi connectivity index (χ4n) is 2.77. The highest BCUT2D eigenvalue weighted by molar-refractivity contribution is 6.24. The third-order valence-corrected chi connectivity index (χ3v) is 4.16. The number of anilines is 1. The van der Waals surface area contributed by atoms with Crippen LogP contribution in [0.5, 0.6) is 0 Å². The van der Waals surface area contributed by atoms with E-state index in [-0.39, 0.29) is 11.1 Å². The van der Waals surface area contributed by atoms with E-state index < -0.39 is 47.5 Å². The largest absolute Gasteiger partial charge is 0.454 e. The van der Waals surface area contributed by atoms with Gasteiger partial charge in [0, 0.05) is 11.8 Å². The Hall–Kier alpha value is -4.08. The van der Waals surface area contributed by atoms with E-state index in [9.17, 15) is 29.3 Å². The van der Waals surface area contributed by atoms with Crippen molar-refractivity contribution in [3.05, 3.63) is 69.3 Å². The molecule has 0 radical (unpaired) electrons. The van der Waals surface area contributed by atoms with Crippen LogP contribution in [0.25, 0.3) is 0 Å². The lowest BCUT2D eigenvalue weighted by Gasteiger charge is -2.13. The highest BCUT2D eigenvalue weighted by Gasteiger charge is 2.41. The first-order valence-corrected chi connectivity index (χ1v) is 8.43. The Morgan fingerprint density at radius 1 is 1.10 bits per heavy atom. The molecule has 3 rings (SSSR count). The number of hydrogen-bond acceptors (Lipinski definition) is 7. The molecule has 2 aromatic carbocycles. The SMILES string of the molecule is Cc1ccc(NC(=O)COC(=O)CN2C(=O)c3cccc([N+](=O)[O-])c3C2=O)cc1. The number of nitrogens with zero attached hydrogens (tertiary/aromatic N) is 2. The molecule has 1 heterocycles. The number of carbonyl (C=O) groups excluding carboxylic acids is 4. The van der Waals surface area contributed by atoms with Gasteiger partial charge in [0.2, 0.25) is 0 Å². The number of fused-ring (bicyclic) bond motifs is 1. The van der Waals surface area contributed by atoms with Crippen LogP contribution in [0.1, 0.15) is 26.3 Å². The summed E-state index contributed by atoms with van der Waals surface area (Å²) >= 11 is 0. The van der Waals surface area contributed by atoms with Crippen LogP contribution in [0.15, 0.2) is 42.5 Å². The second-order valence-electron chi connectivity index (χ2n) is 6.23. The number of imide groups is 1. The van der Waals surface area contributed by atoms with Gasteiger partial charge in [0.15, 0.2) is 6.61 Å². The molecule has 29 heavy (non-hydrogen) atoms. The minimum atomic E-state index is -0.999. The topological polar surface area (TPSA) is 136 Å². The van der Waals surface area contributed by atoms with Crippen LogP contribution in [0, 0.1) is 17.0 Å². The number of benzene rings is 2. The van der Waals surface area contributed by atoms with Gasteiger partial charge in [-0.2, -0.15) is 0 Å². The van der Waals surface area contributed by atoms with Crippen molar-refractivity contribution in [1.82, 2.24) is 4.90 Å². The molecule has 0 aliphatic carbocycles. The summed E-state index contributed by atoms with van der Waals surface area (Å²) in [7, 11) is 0. The summed E-state index contributed by atoms with van der Waals surface area (Å²) in [6.45, 7) is 0.512. The lowest BCUT2D eigenvalue weighted by molar-refractivity contribution is -0.385. The van der Waals surface area contributed by atoms with E-state index in [1.807, 2.05) is 6.92 Å². The van der Waals surface area contributed by atoms with Crippen molar-refractivity contribution >= 4 is 35.1 Å². The van der Waals surface area contributed by atoms with Gasteiger partial charge in [-0.05, 0) is 25.1 Å². The lowest BCUT2D eigenvalue weighted by atomic mass is 10.1. The van der Waals surface area contributed by atoms with E-state index in [2.05, 4.69) is 5.32 Å². The van der Waals surface area contributed by atoms with Gasteiger partial charge in [-0.25, -0.2) is 0 Å². The van der Waals surface area contributed by atoms with Gasteiger partial charge in [0.05, 0.1) is 10.5 Å². The Balaban J connectivity index is 1.59. The summed E-state index contributed by atoms with van der Waals surface area (Å²) < 4.78 is 4.80. The number of nitro groups is 1. The minimum Gasteiger partial charge on any atom is -0.454 e. The summed E-state index contributed by atoms with van der Waals surface area (Å²) in [5.41, 5.74) is 0.482.